The standard InChI is InChI=1S/C29H36N4O6/c1-21(37-4)24(25-18-30-20-39-25)11-8-14-31-26(34)27(35)32-29(2,3)17-22-12-15-33(16-13-22)28(36)38-19-23-9-6-5-7-10-23/h5-11,14,18,20,22H,1,12-13,15-17,19H2,2-4H3,(H,31,34)(H,32,35). The average molecular weight is 537 g/mol. The van der Waals surface area contributed by atoms with Crippen LogP contribution >= 0.6 is 0 Å². The molecule has 2 aromatic rings. The molecule has 1 aliphatic heterocycles. The summed E-state index contributed by atoms with van der Waals surface area (Å²) in [6, 6.07) is 9.57. The lowest BCUT2D eigenvalue weighted by Crippen LogP contribution is -2.50. The minimum absolute atomic E-state index is 0.247. The summed E-state index contributed by atoms with van der Waals surface area (Å²) in [5, 5.41) is 5.27. The van der Waals surface area contributed by atoms with Crippen LogP contribution in [0.5, 0.6) is 0 Å². The topological polar surface area (TPSA) is 123 Å². The highest BCUT2D eigenvalue weighted by molar-refractivity contribution is 6.35. The summed E-state index contributed by atoms with van der Waals surface area (Å²) in [5.74, 6) is -0.401. The van der Waals surface area contributed by atoms with Gasteiger partial charge in [0.1, 0.15) is 12.4 Å². The van der Waals surface area contributed by atoms with Crippen LogP contribution in [-0.4, -0.2) is 53.5 Å². The summed E-state index contributed by atoms with van der Waals surface area (Å²) in [7, 11) is 1.48. The molecule has 0 aliphatic carbocycles. The van der Waals surface area contributed by atoms with Gasteiger partial charge in [0, 0.05) is 24.8 Å². The predicted octanol–water partition coefficient (Wildman–Crippen LogP) is 4.18. The molecule has 0 saturated carbocycles. The van der Waals surface area contributed by atoms with Crippen LogP contribution in [0.25, 0.3) is 5.57 Å². The highest BCUT2D eigenvalue weighted by Crippen LogP contribution is 2.27. The maximum Gasteiger partial charge on any atom is 0.410 e. The maximum atomic E-state index is 12.5. The van der Waals surface area contributed by atoms with Crippen LogP contribution in [0.4, 0.5) is 4.79 Å². The van der Waals surface area contributed by atoms with Crippen molar-refractivity contribution in [2.45, 2.75) is 45.3 Å². The summed E-state index contributed by atoms with van der Waals surface area (Å²) < 4.78 is 15.9. The normalized spacial score (nSPS) is 14.6. The van der Waals surface area contributed by atoms with Gasteiger partial charge in [-0.1, -0.05) is 36.9 Å². The molecule has 2 heterocycles. The molecule has 0 unspecified atom stereocenters. The van der Waals surface area contributed by atoms with Crippen molar-refractivity contribution >= 4 is 23.5 Å². The monoisotopic (exact) mass is 536 g/mol. The van der Waals surface area contributed by atoms with Crippen molar-refractivity contribution in [2.24, 2.45) is 5.92 Å². The first-order chi connectivity index (χ1) is 18.7. The lowest BCUT2D eigenvalue weighted by molar-refractivity contribution is -0.139. The summed E-state index contributed by atoms with van der Waals surface area (Å²) >= 11 is 0. The molecular weight excluding hydrogens is 500 g/mol. The van der Waals surface area contributed by atoms with Gasteiger partial charge in [0.15, 0.2) is 12.2 Å². The van der Waals surface area contributed by atoms with Gasteiger partial charge >= 0.3 is 17.9 Å². The van der Waals surface area contributed by atoms with Crippen LogP contribution in [0, 0.1) is 5.92 Å². The minimum Gasteiger partial charge on any atom is -0.497 e. The van der Waals surface area contributed by atoms with Gasteiger partial charge in [-0.2, -0.15) is 0 Å². The number of piperidine rings is 1. The summed E-state index contributed by atoms with van der Waals surface area (Å²) in [6.07, 6.45) is 9.26. The van der Waals surface area contributed by atoms with Crippen LogP contribution in [0.2, 0.25) is 0 Å². The van der Waals surface area contributed by atoms with Crippen molar-refractivity contribution in [3.8, 4) is 0 Å². The molecule has 1 aromatic carbocycles. The number of aromatic nitrogens is 1. The number of carbonyl (C=O) groups excluding carboxylic acids is 3. The van der Waals surface area contributed by atoms with Crippen LogP contribution in [0.1, 0.15) is 44.4 Å². The minimum atomic E-state index is -0.782. The van der Waals surface area contributed by atoms with Crippen molar-refractivity contribution in [1.29, 1.82) is 0 Å². The second kappa shape index (κ2) is 14.0. The lowest BCUT2D eigenvalue weighted by atomic mass is 9.84. The smallest absolute Gasteiger partial charge is 0.410 e. The molecule has 2 N–H and O–H groups in total. The van der Waals surface area contributed by atoms with Crippen LogP contribution in [0.3, 0.4) is 0 Å². The molecule has 1 aliphatic rings. The number of rotatable bonds is 10. The van der Waals surface area contributed by atoms with Crippen molar-refractivity contribution in [3.63, 3.8) is 0 Å². The van der Waals surface area contributed by atoms with E-state index in [2.05, 4.69) is 22.2 Å². The number of ether oxygens (including phenoxy) is 2. The van der Waals surface area contributed by atoms with E-state index in [-0.39, 0.29) is 12.7 Å². The first-order valence-corrected chi connectivity index (χ1v) is 12.8. The Morgan fingerprint density at radius 3 is 2.54 bits per heavy atom. The van der Waals surface area contributed by atoms with Crippen LogP contribution in [0.15, 0.2) is 78.0 Å². The van der Waals surface area contributed by atoms with E-state index in [0.717, 1.165) is 18.4 Å². The van der Waals surface area contributed by atoms with E-state index in [4.69, 9.17) is 13.9 Å². The van der Waals surface area contributed by atoms with Crippen molar-refractivity contribution in [2.75, 3.05) is 20.2 Å². The quantitative estimate of drug-likeness (QED) is 0.265. The average Bonchev–Trinajstić information content (AvgIpc) is 3.46. The lowest BCUT2D eigenvalue weighted by Gasteiger charge is -2.36. The van der Waals surface area contributed by atoms with Crippen molar-refractivity contribution in [1.82, 2.24) is 20.5 Å². The fourth-order valence-electron chi connectivity index (χ4n) is 4.37. The Balaban J connectivity index is 1.41. The van der Waals surface area contributed by atoms with Gasteiger partial charge < -0.3 is 29.4 Å². The Bertz CT molecular complexity index is 1180. The molecule has 39 heavy (non-hydrogen) atoms. The van der Waals surface area contributed by atoms with Crippen molar-refractivity contribution < 1.29 is 28.3 Å². The fraction of sp³-hybridized carbons (Fsp3) is 0.379. The van der Waals surface area contributed by atoms with E-state index in [0.29, 0.717) is 42.5 Å². The van der Waals surface area contributed by atoms with E-state index in [1.165, 1.54) is 32.0 Å². The second-order valence-corrected chi connectivity index (χ2v) is 9.92. The Hall–Kier alpha value is -4.34. The van der Waals surface area contributed by atoms with E-state index >= 15 is 0 Å². The third-order valence-corrected chi connectivity index (χ3v) is 6.35. The molecule has 10 heteroatoms. The number of likely N-dealkylation sites (tertiary alicyclic amines) is 1. The zero-order chi connectivity index (χ0) is 28.3. The third-order valence-electron chi connectivity index (χ3n) is 6.35. The fourth-order valence-corrected chi connectivity index (χ4v) is 4.37. The first-order valence-electron chi connectivity index (χ1n) is 12.8. The highest BCUT2D eigenvalue weighted by atomic mass is 16.6. The van der Waals surface area contributed by atoms with Gasteiger partial charge in [-0.3, -0.25) is 9.59 Å². The number of hydrogen-bond donors (Lipinski definition) is 2. The Kier molecular flexibility index (Phi) is 10.5. The van der Waals surface area contributed by atoms with Crippen LogP contribution < -0.4 is 10.6 Å². The first kappa shape index (κ1) is 29.2. The molecule has 3 rings (SSSR count). The predicted molar refractivity (Wildman–Crippen MR) is 146 cm³/mol. The van der Waals surface area contributed by atoms with E-state index < -0.39 is 17.4 Å². The zero-order valence-electron chi connectivity index (χ0n) is 22.6. The maximum absolute atomic E-state index is 12.5. The Morgan fingerprint density at radius 1 is 1.18 bits per heavy atom. The van der Waals surface area contributed by atoms with Gasteiger partial charge in [0.2, 0.25) is 0 Å². The van der Waals surface area contributed by atoms with Gasteiger partial charge in [-0.15, -0.1) is 0 Å². The van der Waals surface area contributed by atoms with E-state index in [1.54, 1.807) is 11.0 Å². The Labute approximate surface area is 228 Å². The number of amides is 3. The molecule has 208 valence electrons. The molecule has 3 amide bonds. The molecule has 0 radical (unpaired) electrons. The molecule has 0 bridgehead atoms. The number of methoxy groups -OCH3 is 1. The van der Waals surface area contributed by atoms with Gasteiger partial charge in [0.25, 0.3) is 0 Å². The number of oxazole rings is 1. The largest absolute Gasteiger partial charge is 0.497 e. The second-order valence-electron chi connectivity index (χ2n) is 9.92. The zero-order valence-corrected chi connectivity index (χ0v) is 22.6. The number of benzene rings is 1. The molecule has 1 saturated heterocycles. The summed E-state index contributed by atoms with van der Waals surface area (Å²) in [6.45, 7) is 9.00. The van der Waals surface area contributed by atoms with Gasteiger partial charge in [-0.25, -0.2) is 9.78 Å². The summed E-state index contributed by atoms with van der Waals surface area (Å²) in [5.41, 5.74) is 0.887. The Morgan fingerprint density at radius 2 is 1.90 bits per heavy atom. The van der Waals surface area contributed by atoms with Gasteiger partial charge in [0.05, 0.1) is 18.9 Å². The molecule has 1 aromatic heterocycles. The molecule has 0 spiro atoms. The van der Waals surface area contributed by atoms with Gasteiger partial charge in [-0.05, 0) is 56.7 Å². The number of allylic oxidation sites excluding steroid dienone is 3. The summed E-state index contributed by atoms with van der Waals surface area (Å²) in [4.78, 5) is 42.8. The van der Waals surface area contributed by atoms with Crippen molar-refractivity contribution in [3.05, 3.63) is 84.9 Å². The van der Waals surface area contributed by atoms with Crippen LogP contribution in [-0.2, 0) is 25.7 Å². The molecule has 1 fully saturated rings. The molecular formula is C29H36N4O6. The highest BCUT2D eigenvalue weighted by Gasteiger charge is 2.31. The number of nitrogens with zero attached hydrogens (tertiary/aromatic N) is 2. The molecule has 10 nitrogen and oxygen atoms in total. The number of hydrogen-bond acceptors (Lipinski definition) is 7. The SMILES string of the molecule is C=C(OC)C(=CC=CNC(=O)C(=O)NC(C)(C)CC1CCN(C(=O)OCc2ccccc2)CC1)c1cnco1. The molecule has 0 atom stereocenters. The van der Waals surface area contributed by atoms with E-state index in [9.17, 15) is 14.4 Å². The van der Waals surface area contributed by atoms with E-state index in [1.807, 2.05) is 44.2 Å². The number of nitrogens with one attached hydrogen (secondary N) is 2. The number of carbonyl (C=O) groups is 3. The third kappa shape index (κ3) is 9.17.